The van der Waals surface area contributed by atoms with Crippen LogP contribution in [0.4, 0.5) is 0 Å². The highest BCUT2D eigenvalue weighted by Crippen LogP contribution is 2.59. The molecule has 1 amide bonds. The molecule has 4 atom stereocenters. The maximum atomic E-state index is 13.1. The average Bonchev–Trinajstić information content (AvgIpc) is 3.24. The van der Waals surface area contributed by atoms with Gasteiger partial charge in [-0.2, -0.15) is 0 Å². The predicted octanol–water partition coefficient (Wildman–Crippen LogP) is 0.452. The molecule has 2 saturated heterocycles. The maximum Gasteiger partial charge on any atom is 0.254 e. The van der Waals surface area contributed by atoms with E-state index in [4.69, 9.17) is 22.1 Å². The van der Waals surface area contributed by atoms with Crippen LogP contribution in [0.15, 0.2) is 46.8 Å². The number of benzene rings is 1. The average molecular weight is 430 g/mol. The molecule has 30 heavy (non-hydrogen) atoms. The quantitative estimate of drug-likeness (QED) is 0.530. The van der Waals surface area contributed by atoms with Crippen LogP contribution in [0, 0.1) is 5.92 Å². The normalized spacial score (nSPS) is 31.9. The van der Waals surface area contributed by atoms with E-state index < -0.39 is 30.1 Å². The van der Waals surface area contributed by atoms with Crippen molar-refractivity contribution in [3.63, 3.8) is 0 Å². The zero-order valence-corrected chi connectivity index (χ0v) is 17.1. The number of ether oxygens (including phenoxy) is 1. The van der Waals surface area contributed by atoms with Gasteiger partial charge in [-0.25, -0.2) is 0 Å². The van der Waals surface area contributed by atoms with E-state index in [9.17, 15) is 19.5 Å². The van der Waals surface area contributed by atoms with Crippen LogP contribution < -0.4 is 5.73 Å². The summed E-state index contributed by atoms with van der Waals surface area (Å²) in [4.78, 5) is 42.5. The van der Waals surface area contributed by atoms with Crippen molar-refractivity contribution < 1.29 is 24.2 Å². The van der Waals surface area contributed by atoms with Gasteiger partial charge in [0.05, 0.1) is 30.0 Å². The molecule has 2 fully saturated rings. The molecule has 3 heterocycles. The molecule has 1 aromatic rings. The second-order valence-corrected chi connectivity index (χ2v) is 8.43. The molecule has 5 rings (SSSR count). The van der Waals surface area contributed by atoms with Crippen LogP contribution in [0.25, 0.3) is 0 Å². The van der Waals surface area contributed by atoms with Crippen molar-refractivity contribution in [3.05, 3.63) is 57.4 Å². The van der Waals surface area contributed by atoms with Crippen molar-refractivity contribution in [3.8, 4) is 0 Å². The molecular formula is C21H20ClN3O5. The van der Waals surface area contributed by atoms with Gasteiger partial charge in [0.15, 0.2) is 5.72 Å². The minimum Gasteiger partial charge on any atom is -0.396 e. The number of nitrogens with zero attached hydrogens (tertiary/aromatic N) is 2. The SMILES string of the molecule is COC12C(CO)C3=C(C(=O)C(C)=C(N)C3=O)N1CC1C2N1C(=O)c1ccc(Cl)cc1. The number of amides is 1. The summed E-state index contributed by atoms with van der Waals surface area (Å²) in [5.74, 6) is -1.78. The lowest BCUT2D eigenvalue weighted by Gasteiger charge is -2.40. The molecule has 0 aromatic heterocycles. The van der Waals surface area contributed by atoms with E-state index in [1.54, 1.807) is 34.1 Å². The van der Waals surface area contributed by atoms with Gasteiger partial charge >= 0.3 is 0 Å². The van der Waals surface area contributed by atoms with Crippen molar-refractivity contribution in [2.75, 3.05) is 20.3 Å². The van der Waals surface area contributed by atoms with E-state index in [1.807, 2.05) is 0 Å². The Kier molecular flexibility index (Phi) is 3.96. The fourth-order valence-corrected chi connectivity index (χ4v) is 5.48. The van der Waals surface area contributed by atoms with E-state index in [0.29, 0.717) is 17.1 Å². The van der Waals surface area contributed by atoms with Crippen molar-refractivity contribution >= 4 is 29.1 Å². The van der Waals surface area contributed by atoms with E-state index in [2.05, 4.69) is 0 Å². The molecule has 1 aliphatic carbocycles. The number of hydrogen-bond donors (Lipinski definition) is 2. The molecule has 9 heteroatoms. The Balaban J connectivity index is 1.54. The number of Topliss-reactive ketones (excluding diaryl/α,β-unsaturated/α-hetero) is 2. The minimum atomic E-state index is -1.19. The molecule has 3 N–H and O–H groups in total. The van der Waals surface area contributed by atoms with Crippen molar-refractivity contribution in [2.45, 2.75) is 24.7 Å². The number of halogens is 1. The number of carbonyl (C=O) groups is 3. The van der Waals surface area contributed by atoms with Gasteiger partial charge < -0.3 is 25.4 Å². The lowest BCUT2D eigenvalue weighted by atomic mass is 9.82. The monoisotopic (exact) mass is 429 g/mol. The molecule has 0 spiro atoms. The Hall–Kier alpha value is -2.68. The first-order chi connectivity index (χ1) is 14.3. The Labute approximate surface area is 177 Å². The third kappa shape index (κ3) is 2.11. The summed E-state index contributed by atoms with van der Waals surface area (Å²) < 4.78 is 5.92. The van der Waals surface area contributed by atoms with Gasteiger partial charge in [0.25, 0.3) is 5.91 Å². The first kappa shape index (κ1) is 19.3. The van der Waals surface area contributed by atoms with Crippen LogP contribution in [0.3, 0.4) is 0 Å². The van der Waals surface area contributed by atoms with Gasteiger partial charge in [-0.3, -0.25) is 14.4 Å². The van der Waals surface area contributed by atoms with Crippen LogP contribution in [0.5, 0.6) is 0 Å². The fourth-order valence-electron chi connectivity index (χ4n) is 5.35. The zero-order valence-electron chi connectivity index (χ0n) is 16.4. The number of nitrogens with two attached hydrogens (primary N) is 1. The van der Waals surface area contributed by atoms with Crippen LogP contribution in [-0.4, -0.2) is 70.5 Å². The highest BCUT2D eigenvalue weighted by atomic mass is 35.5. The van der Waals surface area contributed by atoms with Crippen molar-refractivity contribution in [2.24, 2.45) is 11.7 Å². The Morgan fingerprint density at radius 1 is 1.30 bits per heavy atom. The van der Waals surface area contributed by atoms with Gasteiger partial charge in [0, 0.05) is 35.4 Å². The van der Waals surface area contributed by atoms with Gasteiger partial charge in [-0.05, 0) is 31.2 Å². The van der Waals surface area contributed by atoms with Crippen molar-refractivity contribution in [1.29, 1.82) is 0 Å². The van der Waals surface area contributed by atoms with Crippen LogP contribution in [-0.2, 0) is 14.3 Å². The second-order valence-electron chi connectivity index (χ2n) is 7.99. The number of ketones is 2. The standard InChI is InChI=1S/C21H20ClN3O5/c1-9-15(23)18(28)14-12(8-26)21(30-2)19-13(7-24(21)16(14)17(9)27)25(19)20(29)10-3-5-11(22)6-4-10/h3-6,12-13,19,26H,7-8,23H2,1-2H3. The van der Waals surface area contributed by atoms with E-state index in [0.717, 1.165) is 0 Å². The molecule has 0 radical (unpaired) electrons. The van der Waals surface area contributed by atoms with E-state index in [-0.39, 0.29) is 40.3 Å². The first-order valence-corrected chi connectivity index (χ1v) is 9.99. The molecular weight excluding hydrogens is 410 g/mol. The van der Waals surface area contributed by atoms with Crippen LogP contribution in [0.2, 0.25) is 5.02 Å². The van der Waals surface area contributed by atoms with Gasteiger partial charge in [-0.1, -0.05) is 11.6 Å². The topological polar surface area (TPSA) is 113 Å². The largest absolute Gasteiger partial charge is 0.396 e. The number of fused-ring (bicyclic) bond motifs is 4. The molecule has 4 unspecified atom stereocenters. The predicted molar refractivity (Wildman–Crippen MR) is 106 cm³/mol. The highest BCUT2D eigenvalue weighted by Gasteiger charge is 2.77. The zero-order chi connectivity index (χ0) is 21.5. The Morgan fingerprint density at radius 3 is 2.57 bits per heavy atom. The number of carbonyl (C=O) groups excluding carboxylic acids is 3. The maximum absolute atomic E-state index is 13.1. The first-order valence-electron chi connectivity index (χ1n) is 9.61. The summed E-state index contributed by atoms with van der Waals surface area (Å²) in [5, 5.41) is 10.8. The molecule has 8 nitrogen and oxygen atoms in total. The molecule has 156 valence electrons. The summed E-state index contributed by atoms with van der Waals surface area (Å²) in [6.45, 7) is 1.44. The number of methoxy groups -OCH3 is 1. The highest BCUT2D eigenvalue weighted by molar-refractivity contribution is 6.30. The Bertz CT molecular complexity index is 1050. The van der Waals surface area contributed by atoms with Crippen LogP contribution in [0.1, 0.15) is 17.3 Å². The van der Waals surface area contributed by atoms with Crippen LogP contribution >= 0.6 is 11.6 Å². The molecule has 3 aliphatic heterocycles. The number of hydrogen-bond acceptors (Lipinski definition) is 7. The third-order valence-corrected chi connectivity index (χ3v) is 7.06. The summed E-state index contributed by atoms with van der Waals surface area (Å²) in [6.07, 6.45) is 0. The van der Waals surface area contributed by atoms with E-state index in [1.165, 1.54) is 14.0 Å². The van der Waals surface area contributed by atoms with Crippen molar-refractivity contribution in [1.82, 2.24) is 9.80 Å². The number of rotatable bonds is 3. The minimum absolute atomic E-state index is 0.105. The summed E-state index contributed by atoms with van der Waals surface area (Å²) in [5.41, 5.74) is 5.68. The molecule has 0 bridgehead atoms. The molecule has 0 saturated carbocycles. The molecule has 4 aliphatic rings. The molecule has 1 aromatic carbocycles. The van der Waals surface area contributed by atoms with Gasteiger partial charge in [0.1, 0.15) is 6.04 Å². The summed E-state index contributed by atoms with van der Waals surface area (Å²) >= 11 is 5.92. The van der Waals surface area contributed by atoms with E-state index >= 15 is 0 Å². The number of piperazine rings is 1. The lowest BCUT2D eigenvalue weighted by molar-refractivity contribution is -0.143. The number of aliphatic hydroxyl groups is 1. The second kappa shape index (κ2) is 6.16. The number of aliphatic hydroxyl groups excluding tert-OH is 1. The smallest absolute Gasteiger partial charge is 0.254 e. The van der Waals surface area contributed by atoms with Gasteiger partial charge in [0.2, 0.25) is 11.6 Å². The van der Waals surface area contributed by atoms with Gasteiger partial charge in [-0.15, -0.1) is 0 Å². The fraction of sp³-hybridized carbons (Fsp3) is 0.381. The summed E-state index contributed by atoms with van der Waals surface area (Å²) in [7, 11) is 1.47. The Morgan fingerprint density at radius 2 is 1.97 bits per heavy atom. The third-order valence-electron chi connectivity index (χ3n) is 6.80. The summed E-state index contributed by atoms with van der Waals surface area (Å²) in [6, 6.07) is 6.00. The number of allylic oxidation sites excluding steroid dienone is 2. The lowest BCUT2D eigenvalue weighted by Crippen LogP contribution is -2.55.